The Kier molecular flexibility index (Phi) is 6.18. The van der Waals surface area contributed by atoms with Crippen molar-refractivity contribution in [2.24, 2.45) is 0 Å². The van der Waals surface area contributed by atoms with Crippen LogP contribution in [-0.2, 0) is 20.9 Å². The second-order valence-electron chi connectivity index (χ2n) is 5.57. The number of rotatable bonds is 6. The van der Waals surface area contributed by atoms with Crippen molar-refractivity contribution in [3.63, 3.8) is 0 Å². The highest BCUT2D eigenvalue weighted by atomic mass is 35.5. The van der Waals surface area contributed by atoms with Gasteiger partial charge < -0.3 is 14.0 Å². The smallest absolute Gasteiger partial charge is 0.337 e. The van der Waals surface area contributed by atoms with Crippen LogP contribution in [0, 0.1) is 0 Å². The molecule has 0 saturated carbocycles. The normalized spacial score (nSPS) is 10.8. The molecule has 0 spiro atoms. The minimum atomic E-state index is -0.566. The van der Waals surface area contributed by atoms with Crippen LogP contribution in [0.5, 0.6) is 0 Å². The maximum absolute atomic E-state index is 11.8. The van der Waals surface area contributed by atoms with E-state index in [1.807, 2.05) is 0 Å². The van der Waals surface area contributed by atoms with Crippen molar-refractivity contribution < 1.29 is 23.6 Å². The number of nitrogens with zero attached hydrogens (tertiary/aromatic N) is 2. The van der Waals surface area contributed by atoms with Gasteiger partial charge in [-0.2, -0.15) is 4.98 Å². The Morgan fingerprint density at radius 2 is 1.82 bits per heavy atom. The van der Waals surface area contributed by atoms with Crippen LogP contribution in [0.1, 0.15) is 21.8 Å². The van der Waals surface area contributed by atoms with Crippen molar-refractivity contribution in [2.75, 3.05) is 7.11 Å². The zero-order valence-electron chi connectivity index (χ0n) is 14.8. The second-order valence-corrected chi connectivity index (χ2v) is 6.01. The summed E-state index contributed by atoms with van der Waals surface area (Å²) in [5.41, 5.74) is 1.89. The lowest BCUT2D eigenvalue weighted by Gasteiger charge is -1.99. The fourth-order valence-corrected chi connectivity index (χ4v) is 2.35. The molecule has 0 saturated heterocycles. The first-order valence-electron chi connectivity index (χ1n) is 8.17. The van der Waals surface area contributed by atoms with Crippen molar-refractivity contribution in [3.8, 4) is 11.4 Å². The summed E-state index contributed by atoms with van der Waals surface area (Å²) in [6, 6.07) is 13.5. The summed E-state index contributed by atoms with van der Waals surface area (Å²) in [6.45, 7) is -0.148. The molecule has 0 fully saturated rings. The van der Waals surface area contributed by atoms with E-state index in [4.69, 9.17) is 20.9 Å². The minimum absolute atomic E-state index is 0.148. The predicted molar refractivity (Wildman–Crippen MR) is 101 cm³/mol. The van der Waals surface area contributed by atoms with Crippen molar-refractivity contribution >= 4 is 29.6 Å². The molecule has 2 aromatic carbocycles. The van der Waals surface area contributed by atoms with Gasteiger partial charge in [0, 0.05) is 16.7 Å². The number of halogens is 1. The first-order valence-corrected chi connectivity index (χ1v) is 8.54. The standard InChI is InChI=1S/C20H15ClN2O5/c1-26-20(25)15-5-2-13(3-6-15)4-11-18(24)27-12-17-22-19(23-28-17)14-7-9-16(21)10-8-14/h2-11H,12H2,1H3/b11-4+. The second kappa shape index (κ2) is 8.96. The Morgan fingerprint density at radius 3 is 2.50 bits per heavy atom. The van der Waals surface area contributed by atoms with Crippen LogP contribution in [0.15, 0.2) is 59.1 Å². The number of methoxy groups -OCH3 is 1. The third kappa shape index (κ3) is 5.05. The highest BCUT2D eigenvalue weighted by Gasteiger charge is 2.10. The van der Waals surface area contributed by atoms with Crippen LogP contribution in [0.4, 0.5) is 0 Å². The van der Waals surface area contributed by atoms with Gasteiger partial charge in [0.15, 0.2) is 6.61 Å². The van der Waals surface area contributed by atoms with Gasteiger partial charge in [0.25, 0.3) is 5.89 Å². The fourth-order valence-electron chi connectivity index (χ4n) is 2.22. The molecule has 7 nitrogen and oxygen atoms in total. The molecule has 0 radical (unpaired) electrons. The Bertz CT molecular complexity index is 994. The summed E-state index contributed by atoms with van der Waals surface area (Å²) in [4.78, 5) is 27.4. The Hall–Kier alpha value is -3.45. The van der Waals surface area contributed by atoms with Crippen LogP contribution in [0.3, 0.4) is 0 Å². The van der Waals surface area contributed by atoms with E-state index in [0.29, 0.717) is 16.4 Å². The fraction of sp³-hybridized carbons (Fsp3) is 0.100. The van der Waals surface area contributed by atoms with Gasteiger partial charge in [0.2, 0.25) is 5.82 Å². The molecule has 0 amide bonds. The van der Waals surface area contributed by atoms with E-state index in [-0.39, 0.29) is 12.5 Å². The molecule has 1 aromatic heterocycles. The molecule has 0 N–H and O–H groups in total. The maximum atomic E-state index is 11.8. The lowest BCUT2D eigenvalue weighted by molar-refractivity contribution is -0.139. The summed E-state index contributed by atoms with van der Waals surface area (Å²) < 4.78 is 14.8. The number of esters is 2. The molecule has 142 valence electrons. The average Bonchev–Trinajstić information content (AvgIpc) is 3.20. The molecule has 8 heteroatoms. The van der Waals surface area contributed by atoms with E-state index in [1.54, 1.807) is 54.6 Å². The van der Waals surface area contributed by atoms with Gasteiger partial charge in [0.1, 0.15) is 0 Å². The predicted octanol–water partition coefficient (Wildman–Crippen LogP) is 3.93. The highest BCUT2D eigenvalue weighted by Crippen LogP contribution is 2.18. The molecular weight excluding hydrogens is 384 g/mol. The molecule has 0 atom stereocenters. The number of benzene rings is 2. The number of hydrogen-bond acceptors (Lipinski definition) is 7. The number of aromatic nitrogens is 2. The number of carbonyl (C=O) groups is 2. The molecule has 28 heavy (non-hydrogen) atoms. The summed E-state index contributed by atoms with van der Waals surface area (Å²) in [5.74, 6) is -0.436. The molecule has 3 aromatic rings. The molecule has 0 aliphatic carbocycles. The lowest BCUT2D eigenvalue weighted by Crippen LogP contribution is -2.01. The molecule has 0 aliphatic heterocycles. The molecule has 0 unspecified atom stereocenters. The largest absolute Gasteiger partial charge is 0.465 e. The third-order valence-corrected chi connectivity index (χ3v) is 3.90. The van der Waals surface area contributed by atoms with E-state index in [1.165, 1.54) is 13.2 Å². The van der Waals surface area contributed by atoms with Gasteiger partial charge in [0.05, 0.1) is 12.7 Å². The summed E-state index contributed by atoms with van der Waals surface area (Å²) in [6.07, 6.45) is 2.83. The molecule has 0 bridgehead atoms. The van der Waals surface area contributed by atoms with Crippen molar-refractivity contribution in [1.29, 1.82) is 0 Å². The van der Waals surface area contributed by atoms with Gasteiger partial charge in [-0.15, -0.1) is 0 Å². The van der Waals surface area contributed by atoms with Crippen molar-refractivity contribution in [1.82, 2.24) is 10.1 Å². The van der Waals surface area contributed by atoms with Crippen LogP contribution >= 0.6 is 11.6 Å². The van der Waals surface area contributed by atoms with Gasteiger partial charge in [-0.25, -0.2) is 9.59 Å². The molecule has 0 aliphatic rings. The quantitative estimate of drug-likeness (QED) is 0.458. The number of carbonyl (C=O) groups excluding carboxylic acids is 2. The maximum Gasteiger partial charge on any atom is 0.337 e. The average molecular weight is 399 g/mol. The van der Waals surface area contributed by atoms with Gasteiger partial charge >= 0.3 is 11.9 Å². The van der Waals surface area contributed by atoms with Gasteiger partial charge in [-0.05, 0) is 48.0 Å². The van der Waals surface area contributed by atoms with E-state index >= 15 is 0 Å². The van der Waals surface area contributed by atoms with Crippen LogP contribution < -0.4 is 0 Å². The summed E-state index contributed by atoms with van der Waals surface area (Å²) in [5, 5.41) is 4.45. The first kappa shape index (κ1) is 19.3. The monoisotopic (exact) mass is 398 g/mol. The third-order valence-electron chi connectivity index (χ3n) is 3.65. The van der Waals surface area contributed by atoms with Gasteiger partial charge in [-0.1, -0.05) is 28.9 Å². The zero-order chi connectivity index (χ0) is 19.9. The number of hydrogen-bond donors (Lipinski definition) is 0. The van der Waals surface area contributed by atoms with E-state index < -0.39 is 11.9 Å². The lowest BCUT2D eigenvalue weighted by atomic mass is 10.1. The zero-order valence-corrected chi connectivity index (χ0v) is 15.6. The summed E-state index contributed by atoms with van der Waals surface area (Å²) >= 11 is 5.84. The molecule has 1 heterocycles. The van der Waals surface area contributed by atoms with Crippen LogP contribution in [0.25, 0.3) is 17.5 Å². The van der Waals surface area contributed by atoms with Crippen molar-refractivity contribution in [2.45, 2.75) is 6.61 Å². The van der Waals surface area contributed by atoms with E-state index in [9.17, 15) is 9.59 Å². The first-order chi connectivity index (χ1) is 13.5. The topological polar surface area (TPSA) is 91.5 Å². The molecule has 3 rings (SSSR count). The Morgan fingerprint density at radius 1 is 1.11 bits per heavy atom. The van der Waals surface area contributed by atoms with Gasteiger partial charge in [-0.3, -0.25) is 0 Å². The minimum Gasteiger partial charge on any atom is -0.465 e. The SMILES string of the molecule is COC(=O)c1ccc(/C=C/C(=O)OCc2nc(-c3ccc(Cl)cc3)no2)cc1. The Labute approximate surface area is 165 Å². The Balaban J connectivity index is 1.53. The highest BCUT2D eigenvalue weighted by molar-refractivity contribution is 6.30. The van der Waals surface area contributed by atoms with E-state index in [0.717, 1.165) is 11.1 Å². The molecular formula is C20H15ClN2O5. The van der Waals surface area contributed by atoms with Crippen LogP contribution in [-0.4, -0.2) is 29.2 Å². The van der Waals surface area contributed by atoms with Crippen LogP contribution in [0.2, 0.25) is 5.02 Å². The number of ether oxygens (including phenoxy) is 2. The summed E-state index contributed by atoms with van der Waals surface area (Å²) in [7, 11) is 1.31. The van der Waals surface area contributed by atoms with Crippen molar-refractivity contribution in [3.05, 3.63) is 76.6 Å². The van der Waals surface area contributed by atoms with E-state index in [2.05, 4.69) is 14.9 Å².